The first-order valence-corrected chi connectivity index (χ1v) is 8.08. The summed E-state index contributed by atoms with van der Waals surface area (Å²) in [4.78, 5) is -0.441. The van der Waals surface area contributed by atoms with Crippen molar-refractivity contribution in [2.75, 3.05) is 26.2 Å². The van der Waals surface area contributed by atoms with Crippen LogP contribution in [0.2, 0.25) is 0 Å². The molecule has 2 aliphatic rings. The number of halogens is 3. The number of rotatable bonds is 2. The molecule has 0 saturated carbocycles. The highest BCUT2D eigenvalue weighted by Gasteiger charge is 2.38. The maximum Gasteiger partial charge on any atom is 0.245 e. The molecular formula is C13H17ClF2N2O2S. The van der Waals surface area contributed by atoms with Crippen molar-refractivity contribution in [3.63, 3.8) is 0 Å². The normalized spacial score (nSPS) is 26.2. The molecule has 3 rings (SSSR count). The summed E-state index contributed by atoms with van der Waals surface area (Å²) in [5.41, 5.74) is 0. The number of sulfonamides is 1. The first-order chi connectivity index (χ1) is 9.48. The predicted molar refractivity (Wildman–Crippen MR) is 76.8 cm³/mol. The van der Waals surface area contributed by atoms with Gasteiger partial charge in [0.25, 0.3) is 0 Å². The third kappa shape index (κ3) is 3.06. The summed E-state index contributed by atoms with van der Waals surface area (Å²) in [6.45, 7) is 2.50. The maximum atomic E-state index is 13.7. The topological polar surface area (TPSA) is 49.4 Å². The predicted octanol–water partition coefficient (Wildman–Crippen LogP) is 1.62. The summed E-state index contributed by atoms with van der Waals surface area (Å²) in [5, 5.41) is 3.25. The lowest BCUT2D eigenvalue weighted by Gasteiger charge is -2.33. The van der Waals surface area contributed by atoms with Gasteiger partial charge in [0, 0.05) is 19.2 Å². The number of hydrogen-bond donors (Lipinski definition) is 1. The van der Waals surface area contributed by atoms with Crippen LogP contribution in [0.5, 0.6) is 0 Å². The number of nitrogens with one attached hydrogen (secondary N) is 1. The molecule has 2 heterocycles. The number of nitrogens with zero attached hydrogens (tertiary/aromatic N) is 1. The van der Waals surface area contributed by atoms with E-state index in [1.54, 1.807) is 0 Å². The highest BCUT2D eigenvalue weighted by molar-refractivity contribution is 7.89. The van der Waals surface area contributed by atoms with Gasteiger partial charge in [-0.3, -0.25) is 0 Å². The lowest BCUT2D eigenvalue weighted by atomic mass is 9.90. The van der Waals surface area contributed by atoms with E-state index in [4.69, 9.17) is 0 Å². The molecule has 0 spiro atoms. The Labute approximate surface area is 129 Å². The SMILES string of the molecule is Cl.O=S(=O)(c1ccc(F)cc1F)N1CCC2CNCC2C1. The average Bonchev–Trinajstić information content (AvgIpc) is 2.85. The largest absolute Gasteiger partial charge is 0.316 e. The van der Waals surface area contributed by atoms with E-state index in [-0.39, 0.29) is 18.3 Å². The fourth-order valence-corrected chi connectivity index (χ4v) is 4.60. The third-order valence-corrected chi connectivity index (χ3v) is 6.08. The third-order valence-electron chi connectivity index (χ3n) is 4.18. The fraction of sp³-hybridized carbons (Fsp3) is 0.538. The Hall–Kier alpha value is -0.760. The van der Waals surface area contributed by atoms with Crippen LogP contribution in [0.3, 0.4) is 0 Å². The van der Waals surface area contributed by atoms with Gasteiger partial charge >= 0.3 is 0 Å². The lowest BCUT2D eigenvalue weighted by molar-refractivity contribution is 0.227. The van der Waals surface area contributed by atoms with E-state index < -0.39 is 26.6 Å². The quantitative estimate of drug-likeness (QED) is 0.891. The Morgan fingerprint density at radius 1 is 1.19 bits per heavy atom. The van der Waals surface area contributed by atoms with Crippen LogP contribution in [0.1, 0.15) is 6.42 Å². The van der Waals surface area contributed by atoms with Crippen LogP contribution < -0.4 is 5.32 Å². The molecule has 21 heavy (non-hydrogen) atoms. The molecule has 0 bridgehead atoms. The zero-order valence-corrected chi connectivity index (χ0v) is 12.9. The van der Waals surface area contributed by atoms with Gasteiger partial charge in [0.15, 0.2) is 0 Å². The summed E-state index contributed by atoms with van der Waals surface area (Å²) in [6.07, 6.45) is 0.777. The zero-order chi connectivity index (χ0) is 14.3. The van der Waals surface area contributed by atoms with Crippen LogP contribution in [-0.4, -0.2) is 38.9 Å². The average molecular weight is 339 g/mol. The van der Waals surface area contributed by atoms with Gasteiger partial charge in [-0.2, -0.15) is 4.31 Å². The minimum atomic E-state index is -3.88. The number of fused-ring (bicyclic) bond motifs is 1. The van der Waals surface area contributed by atoms with Crippen LogP contribution in [0.4, 0.5) is 8.78 Å². The Kier molecular flexibility index (Phi) is 4.87. The molecule has 0 amide bonds. The molecule has 0 radical (unpaired) electrons. The van der Waals surface area contributed by atoms with E-state index in [9.17, 15) is 17.2 Å². The number of hydrogen-bond acceptors (Lipinski definition) is 3. The lowest BCUT2D eigenvalue weighted by Crippen LogP contribution is -2.43. The fourth-order valence-electron chi connectivity index (χ4n) is 3.04. The molecule has 2 aliphatic heterocycles. The minimum absolute atomic E-state index is 0. The molecule has 2 saturated heterocycles. The molecule has 8 heteroatoms. The van der Waals surface area contributed by atoms with Gasteiger partial charge in [-0.1, -0.05) is 0 Å². The van der Waals surface area contributed by atoms with Crippen LogP contribution >= 0.6 is 12.4 Å². The molecule has 118 valence electrons. The van der Waals surface area contributed by atoms with Gasteiger partial charge in [0.1, 0.15) is 16.5 Å². The molecule has 2 atom stereocenters. The number of piperidine rings is 1. The molecule has 0 aromatic heterocycles. The summed E-state index contributed by atoms with van der Waals surface area (Å²) in [7, 11) is -3.88. The van der Waals surface area contributed by atoms with Crippen LogP contribution in [0.15, 0.2) is 23.1 Å². The molecule has 2 unspecified atom stereocenters. The smallest absolute Gasteiger partial charge is 0.245 e. The van der Waals surface area contributed by atoms with Gasteiger partial charge in [0.2, 0.25) is 10.0 Å². The standard InChI is InChI=1S/C13H16F2N2O2S.ClH/c14-11-1-2-13(12(15)5-11)20(18,19)17-4-3-9-6-16-7-10(9)8-17;/h1-2,5,9-10,16H,3-4,6-8H2;1H. The van der Waals surface area contributed by atoms with Gasteiger partial charge in [-0.15, -0.1) is 12.4 Å². The van der Waals surface area contributed by atoms with Crippen molar-refractivity contribution >= 4 is 22.4 Å². The molecule has 1 aromatic rings. The van der Waals surface area contributed by atoms with Crippen LogP contribution in [0.25, 0.3) is 0 Å². The van der Waals surface area contributed by atoms with Crippen molar-refractivity contribution in [3.8, 4) is 0 Å². The van der Waals surface area contributed by atoms with Crippen molar-refractivity contribution in [2.24, 2.45) is 11.8 Å². The van der Waals surface area contributed by atoms with E-state index in [2.05, 4.69) is 5.32 Å². The van der Waals surface area contributed by atoms with E-state index >= 15 is 0 Å². The number of benzene rings is 1. The first-order valence-electron chi connectivity index (χ1n) is 6.64. The van der Waals surface area contributed by atoms with Crippen molar-refractivity contribution in [2.45, 2.75) is 11.3 Å². The summed E-state index contributed by atoms with van der Waals surface area (Å²) in [6, 6.07) is 2.58. The van der Waals surface area contributed by atoms with Crippen LogP contribution in [-0.2, 0) is 10.0 Å². The monoisotopic (exact) mass is 338 g/mol. The van der Waals surface area contributed by atoms with Gasteiger partial charge in [-0.25, -0.2) is 17.2 Å². The Morgan fingerprint density at radius 2 is 1.90 bits per heavy atom. The Morgan fingerprint density at radius 3 is 2.62 bits per heavy atom. The van der Waals surface area contributed by atoms with Gasteiger partial charge in [-0.05, 0) is 43.5 Å². The summed E-state index contributed by atoms with van der Waals surface area (Å²) in [5.74, 6) is -1.03. The molecule has 0 aliphatic carbocycles. The van der Waals surface area contributed by atoms with E-state index in [0.717, 1.165) is 31.6 Å². The highest BCUT2D eigenvalue weighted by Crippen LogP contribution is 2.30. The second-order valence-corrected chi connectivity index (χ2v) is 7.31. The Balaban J connectivity index is 0.00000161. The van der Waals surface area contributed by atoms with Gasteiger partial charge < -0.3 is 5.32 Å². The molecule has 2 fully saturated rings. The maximum absolute atomic E-state index is 13.7. The van der Waals surface area contributed by atoms with Gasteiger partial charge in [0.05, 0.1) is 0 Å². The van der Waals surface area contributed by atoms with Crippen LogP contribution in [0, 0.1) is 23.5 Å². The van der Waals surface area contributed by atoms with Crippen molar-refractivity contribution in [1.82, 2.24) is 9.62 Å². The second-order valence-electron chi connectivity index (χ2n) is 5.40. The van der Waals surface area contributed by atoms with Crippen molar-refractivity contribution in [1.29, 1.82) is 0 Å². The Bertz CT molecular complexity index is 627. The molecular weight excluding hydrogens is 322 g/mol. The van der Waals surface area contributed by atoms with Crippen molar-refractivity contribution < 1.29 is 17.2 Å². The highest BCUT2D eigenvalue weighted by atomic mass is 35.5. The molecule has 4 nitrogen and oxygen atoms in total. The van der Waals surface area contributed by atoms with E-state index in [1.165, 1.54) is 4.31 Å². The molecule has 1 N–H and O–H groups in total. The van der Waals surface area contributed by atoms with E-state index in [1.807, 2.05) is 0 Å². The second kappa shape index (κ2) is 6.16. The van der Waals surface area contributed by atoms with Crippen molar-refractivity contribution in [3.05, 3.63) is 29.8 Å². The molecule has 1 aromatic carbocycles. The summed E-state index contributed by atoms with van der Waals surface area (Å²) < 4.78 is 52.8. The summed E-state index contributed by atoms with van der Waals surface area (Å²) >= 11 is 0. The minimum Gasteiger partial charge on any atom is -0.316 e. The zero-order valence-electron chi connectivity index (χ0n) is 11.3. The van der Waals surface area contributed by atoms with E-state index in [0.29, 0.717) is 25.1 Å². The first kappa shape index (κ1) is 16.6.